The highest BCUT2D eigenvalue weighted by Gasteiger charge is 2.33. The Morgan fingerprint density at radius 2 is 2.21 bits per heavy atom. The van der Waals surface area contributed by atoms with Crippen molar-refractivity contribution in [1.82, 2.24) is 10.2 Å². The first-order chi connectivity index (χ1) is 9.02. The Morgan fingerprint density at radius 1 is 1.47 bits per heavy atom. The van der Waals surface area contributed by atoms with Gasteiger partial charge in [0.15, 0.2) is 0 Å². The summed E-state index contributed by atoms with van der Waals surface area (Å²) < 4.78 is 14.4. The average molecular weight is 329 g/mol. The quantitative estimate of drug-likeness (QED) is 0.920. The van der Waals surface area contributed by atoms with E-state index in [4.69, 9.17) is 0 Å². The molecule has 1 saturated heterocycles. The van der Waals surface area contributed by atoms with Gasteiger partial charge in [0.1, 0.15) is 11.9 Å². The first kappa shape index (κ1) is 14.0. The van der Waals surface area contributed by atoms with E-state index in [1.165, 1.54) is 11.0 Å². The highest BCUT2D eigenvalue weighted by atomic mass is 79.9. The summed E-state index contributed by atoms with van der Waals surface area (Å²) in [6.45, 7) is 1.92. The van der Waals surface area contributed by atoms with Gasteiger partial charge in [-0.3, -0.25) is 9.59 Å². The fraction of sp³-hybridized carbons (Fsp3) is 0.385. The zero-order valence-electron chi connectivity index (χ0n) is 10.5. The van der Waals surface area contributed by atoms with E-state index in [0.29, 0.717) is 16.5 Å². The molecule has 1 aromatic rings. The van der Waals surface area contributed by atoms with Gasteiger partial charge in [0.2, 0.25) is 11.8 Å². The minimum absolute atomic E-state index is 0.0204. The predicted molar refractivity (Wildman–Crippen MR) is 71.7 cm³/mol. The van der Waals surface area contributed by atoms with Crippen molar-refractivity contribution in [2.45, 2.75) is 25.9 Å². The first-order valence-corrected chi connectivity index (χ1v) is 6.83. The zero-order chi connectivity index (χ0) is 14.0. The number of carbonyl (C=O) groups excluding carboxylic acids is 2. The normalized spacial score (nSPS) is 19.5. The summed E-state index contributed by atoms with van der Waals surface area (Å²) in [4.78, 5) is 25.0. The summed E-state index contributed by atoms with van der Waals surface area (Å²) in [7, 11) is 0. The Morgan fingerprint density at radius 3 is 2.84 bits per heavy atom. The number of halogens is 2. The average Bonchev–Trinajstić information content (AvgIpc) is 2.37. The van der Waals surface area contributed by atoms with Crippen LogP contribution < -0.4 is 5.32 Å². The van der Waals surface area contributed by atoms with E-state index in [-0.39, 0.29) is 30.7 Å². The van der Waals surface area contributed by atoms with Crippen molar-refractivity contribution in [3.05, 3.63) is 34.1 Å². The van der Waals surface area contributed by atoms with Crippen molar-refractivity contribution in [2.24, 2.45) is 0 Å². The van der Waals surface area contributed by atoms with Crippen LogP contribution in [0.3, 0.4) is 0 Å². The Balaban J connectivity index is 2.23. The maximum Gasteiger partial charge on any atom is 0.243 e. The number of hydrogen-bond acceptors (Lipinski definition) is 2. The van der Waals surface area contributed by atoms with Gasteiger partial charge in [-0.25, -0.2) is 4.39 Å². The van der Waals surface area contributed by atoms with Gasteiger partial charge in [0.25, 0.3) is 0 Å². The smallest absolute Gasteiger partial charge is 0.243 e. The molecule has 0 aliphatic carbocycles. The van der Waals surface area contributed by atoms with Gasteiger partial charge in [0, 0.05) is 16.6 Å². The third kappa shape index (κ3) is 2.94. The molecule has 1 aliphatic rings. The van der Waals surface area contributed by atoms with Gasteiger partial charge < -0.3 is 10.2 Å². The Hall–Kier alpha value is -1.43. The molecule has 2 rings (SSSR count). The van der Waals surface area contributed by atoms with E-state index in [1.807, 2.05) is 6.92 Å². The second-order valence-corrected chi connectivity index (χ2v) is 5.31. The molecule has 1 aliphatic heterocycles. The largest absolute Gasteiger partial charge is 0.345 e. The molecule has 6 heteroatoms. The fourth-order valence-electron chi connectivity index (χ4n) is 2.14. The third-order valence-corrected chi connectivity index (χ3v) is 3.65. The van der Waals surface area contributed by atoms with Crippen LogP contribution >= 0.6 is 15.9 Å². The summed E-state index contributed by atoms with van der Waals surface area (Å²) >= 11 is 3.18. The Bertz CT molecular complexity index is 521. The van der Waals surface area contributed by atoms with Gasteiger partial charge in [-0.2, -0.15) is 0 Å². The van der Waals surface area contributed by atoms with Gasteiger partial charge >= 0.3 is 0 Å². The monoisotopic (exact) mass is 328 g/mol. The predicted octanol–water partition coefficient (Wildman–Crippen LogP) is 1.83. The maximum absolute atomic E-state index is 13.8. The molecule has 0 aromatic heterocycles. The molecule has 19 heavy (non-hydrogen) atoms. The number of piperazine rings is 1. The lowest BCUT2D eigenvalue weighted by Crippen LogP contribution is -2.57. The molecule has 4 nitrogen and oxygen atoms in total. The van der Waals surface area contributed by atoms with Gasteiger partial charge in [-0.15, -0.1) is 0 Å². The highest BCUT2D eigenvalue weighted by molar-refractivity contribution is 9.10. The van der Waals surface area contributed by atoms with Crippen LogP contribution in [0.5, 0.6) is 0 Å². The van der Waals surface area contributed by atoms with Crippen LogP contribution in [0.25, 0.3) is 0 Å². The van der Waals surface area contributed by atoms with Crippen LogP contribution in [-0.4, -0.2) is 29.3 Å². The van der Waals surface area contributed by atoms with Crippen molar-refractivity contribution in [3.63, 3.8) is 0 Å². The molecule has 2 amide bonds. The second kappa shape index (κ2) is 5.69. The Labute approximate surface area is 119 Å². The molecule has 1 heterocycles. The van der Waals surface area contributed by atoms with E-state index < -0.39 is 6.04 Å². The summed E-state index contributed by atoms with van der Waals surface area (Å²) in [5.74, 6) is -0.753. The van der Waals surface area contributed by atoms with E-state index in [1.54, 1.807) is 12.1 Å². The van der Waals surface area contributed by atoms with E-state index in [9.17, 15) is 14.0 Å². The van der Waals surface area contributed by atoms with Gasteiger partial charge in [-0.1, -0.05) is 28.9 Å². The van der Waals surface area contributed by atoms with Crippen LogP contribution in [0.15, 0.2) is 22.7 Å². The molecule has 1 N–H and O–H groups in total. The van der Waals surface area contributed by atoms with Crippen LogP contribution in [0, 0.1) is 5.82 Å². The molecule has 1 fully saturated rings. The van der Waals surface area contributed by atoms with E-state index in [2.05, 4.69) is 21.2 Å². The first-order valence-electron chi connectivity index (χ1n) is 6.04. The number of hydrogen-bond donors (Lipinski definition) is 1. The van der Waals surface area contributed by atoms with Crippen molar-refractivity contribution in [1.29, 1.82) is 0 Å². The molecular weight excluding hydrogens is 315 g/mol. The number of benzene rings is 1. The highest BCUT2D eigenvalue weighted by Crippen LogP contribution is 2.19. The van der Waals surface area contributed by atoms with Gasteiger partial charge in [-0.05, 0) is 18.6 Å². The van der Waals surface area contributed by atoms with Crippen LogP contribution in [-0.2, 0) is 16.1 Å². The maximum atomic E-state index is 13.8. The molecule has 102 valence electrons. The molecule has 0 spiro atoms. The second-order valence-electron chi connectivity index (χ2n) is 4.40. The van der Waals surface area contributed by atoms with Gasteiger partial charge in [0.05, 0.1) is 6.54 Å². The molecule has 1 unspecified atom stereocenters. The summed E-state index contributed by atoms with van der Waals surface area (Å²) in [5, 5.41) is 2.54. The van der Waals surface area contributed by atoms with Crippen molar-refractivity contribution in [2.75, 3.05) is 6.54 Å². The molecule has 0 radical (unpaired) electrons. The van der Waals surface area contributed by atoms with Crippen molar-refractivity contribution in [3.8, 4) is 0 Å². The van der Waals surface area contributed by atoms with E-state index >= 15 is 0 Å². The number of nitrogens with one attached hydrogen (secondary N) is 1. The topological polar surface area (TPSA) is 49.4 Å². The molecule has 0 saturated carbocycles. The number of rotatable bonds is 3. The fourth-order valence-corrected chi connectivity index (χ4v) is 2.47. The lowest BCUT2D eigenvalue weighted by atomic mass is 10.1. The van der Waals surface area contributed by atoms with Crippen LogP contribution in [0.2, 0.25) is 0 Å². The summed E-state index contributed by atoms with van der Waals surface area (Å²) in [6, 6.07) is 4.16. The minimum atomic E-state index is -0.524. The zero-order valence-corrected chi connectivity index (χ0v) is 12.0. The third-order valence-electron chi connectivity index (χ3n) is 3.16. The molecule has 1 aromatic carbocycles. The summed E-state index contributed by atoms with van der Waals surface area (Å²) in [5.41, 5.74) is 0.407. The molecular formula is C13H14BrFN2O2. The molecule has 1 atom stereocenters. The standard InChI is InChI=1S/C13H14BrFN2O2/c1-2-11-13(19)16-6-12(18)17(11)7-8-3-4-9(14)5-10(8)15/h3-5,11H,2,6-7H2,1H3,(H,16,19). The van der Waals surface area contributed by atoms with Crippen LogP contribution in [0.4, 0.5) is 4.39 Å². The number of carbonyl (C=O) groups is 2. The lowest BCUT2D eigenvalue weighted by Gasteiger charge is -2.34. The SMILES string of the molecule is CCC1C(=O)NCC(=O)N1Cc1ccc(Br)cc1F. The van der Waals surface area contributed by atoms with Crippen LogP contribution in [0.1, 0.15) is 18.9 Å². The number of nitrogens with zero attached hydrogens (tertiary/aromatic N) is 1. The van der Waals surface area contributed by atoms with Crippen molar-refractivity contribution >= 4 is 27.7 Å². The number of amides is 2. The molecule has 0 bridgehead atoms. The van der Waals surface area contributed by atoms with Crippen molar-refractivity contribution < 1.29 is 14.0 Å². The minimum Gasteiger partial charge on any atom is -0.345 e. The van der Waals surface area contributed by atoms with E-state index in [0.717, 1.165) is 0 Å². The lowest BCUT2D eigenvalue weighted by molar-refractivity contribution is -0.146. The summed E-state index contributed by atoms with van der Waals surface area (Å²) in [6.07, 6.45) is 0.510. The Kier molecular flexibility index (Phi) is 4.19.